The molecule has 1 amide bonds. The zero-order valence-corrected chi connectivity index (χ0v) is 8.71. The van der Waals surface area contributed by atoms with Crippen molar-refractivity contribution in [3.05, 3.63) is 0 Å². The quantitative estimate of drug-likeness (QED) is 0.650. The number of carbonyl (C=O) groups excluding carboxylic acids is 1. The molecule has 0 aliphatic rings. The van der Waals surface area contributed by atoms with Crippen molar-refractivity contribution in [2.45, 2.75) is 33.6 Å². The molecule has 0 N–H and O–H groups in total. The van der Waals surface area contributed by atoms with E-state index >= 15 is 0 Å². The van der Waals surface area contributed by atoms with Gasteiger partial charge < -0.3 is 4.90 Å². The van der Waals surface area contributed by atoms with Crippen molar-refractivity contribution in [3.63, 3.8) is 0 Å². The topological polar surface area (TPSA) is 44.1 Å². The van der Waals surface area contributed by atoms with Crippen LogP contribution in [0.5, 0.6) is 0 Å². The van der Waals surface area contributed by atoms with Gasteiger partial charge in [0.05, 0.1) is 6.07 Å². The molecule has 0 bridgehead atoms. The second kappa shape index (κ2) is 6.47. The predicted octanol–water partition coefficient (Wildman–Crippen LogP) is 1.79. The Labute approximate surface area is 80.3 Å². The number of nitriles is 1. The Morgan fingerprint density at radius 2 is 2.08 bits per heavy atom. The van der Waals surface area contributed by atoms with Gasteiger partial charge in [-0.1, -0.05) is 13.8 Å². The van der Waals surface area contributed by atoms with Gasteiger partial charge in [0.15, 0.2) is 0 Å². The van der Waals surface area contributed by atoms with E-state index in [-0.39, 0.29) is 5.91 Å². The summed E-state index contributed by atoms with van der Waals surface area (Å²) < 4.78 is 0. The van der Waals surface area contributed by atoms with E-state index in [1.807, 2.05) is 26.8 Å². The number of rotatable bonds is 5. The molecule has 0 saturated heterocycles. The molecule has 13 heavy (non-hydrogen) atoms. The Bertz CT molecular complexity index is 196. The number of hydrogen-bond donors (Lipinski definition) is 0. The lowest BCUT2D eigenvalue weighted by Crippen LogP contribution is -2.35. The third-order valence-electron chi connectivity index (χ3n) is 2.05. The zero-order valence-electron chi connectivity index (χ0n) is 8.71. The molecule has 1 atom stereocenters. The van der Waals surface area contributed by atoms with Crippen LogP contribution in [0.1, 0.15) is 33.6 Å². The summed E-state index contributed by atoms with van der Waals surface area (Å²) in [5.74, 6) is -0.471. The standard InChI is InChI=1S/C10H18N2O/c1-4-7-12(6-3)10(13)9(5-2)8-11/h9H,4-7H2,1-3H3. The van der Waals surface area contributed by atoms with E-state index in [1.54, 1.807) is 4.90 Å². The van der Waals surface area contributed by atoms with Crippen LogP contribution in [0.25, 0.3) is 0 Å². The molecule has 0 heterocycles. The summed E-state index contributed by atoms with van der Waals surface area (Å²) in [4.78, 5) is 13.4. The molecule has 0 saturated carbocycles. The van der Waals surface area contributed by atoms with Crippen LogP contribution in [-0.4, -0.2) is 23.9 Å². The van der Waals surface area contributed by atoms with Crippen LogP contribution in [0.4, 0.5) is 0 Å². The Kier molecular flexibility index (Phi) is 5.96. The lowest BCUT2D eigenvalue weighted by molar-refractivity contribution is -0.133. The molecular weight excluding hydrogens is 164 g/mol. The van der Waals surface area contributed by atoms with Crippen molar-refractivity contribution >= 4 is 5.91 Å². The molecule has 74 valence electrons. The molecule has 3 nitrogen and oxygen atoms in total. The molecule has 0 rings (SSSR count). The fourth-order valence-electron chi connectivity index (χ4n) is 1.24. The van der Waals surface area contributed by atoms with Crippen LogP contribution < -0.4 is 0 Å². The largest absolute Gasteiger partial charge is 0.342 e. The molecule has 0 aliphatic carbocycles. The molecule has 0 aliphatic heterocycles. The van der Waals surface area contributed by atoms with Gasteiger partial charge in [-0.15, -0.1) is 0 Å². The van der Waals surface area contributed by atoms with Gasteiger partial charge in [-0.25, -0.2) is 0 Å². The maximum Gasteiger partial charge on any atom is 0.239 e. The Morgan fingerprint density at radius 3 is 2.38 bits per heavy atom. The van der Waals surface area contributed by atoms with Gasteiger partial charge in [0.1, 0.15) is 5.92 Å². The highest BCUT2D eigenvalue weighted by molar-refractivity contribution is 5.81. The third kappa shape index (κ3) is 3.45. The van der Waals surface area contributed by atoms with Gasteiger partial charge in [0, 0.05) is 13.1 Å². The summed E-state index contributed by atoms with van der Waals surface area (Å²) in [6.45, 7) is 7.30. The molecule has 0 aromatic heterocycles. The number of nitrogens with zero attached hydrogens (tertiary/aromatic N) is 2. The van der Waals surface area contributed by atoms with E-state index in [2.05, 4.69) is 0 Å². The van der Waals surface area contributed by atoms with E-state index in [0.29, 0.717) is 13.0 Å². The summed E-state index contributed by atoms with van der Waals surface area (Å²) >= 11 is 0. The van der Waals surface area contributed by atoms with Crippen molar-refractivity contribution in [1.82, 2.24) is 4.90 Å². The van der Waals surface area contributed by atoms with Crippen molar-refractivity contribution < 1.29 is 4.79 Å². The van der Waals surface area contributed by atoms with Crippen LogP contribution in [0.3, 0.4) is 0 Å². The molecular formula is C10H18N2O. The Hall–Kier alpha value is -1.04. The minimum absolute atomic E-state index is 0.0191. The molecule has 3 heteroatoms. The molecule has 0 fully saturated rings. The van der Waals surface area contributed by atoms with Crippen molar-refractivity contribution in [2.75, 3.05) is 13.1 Å². The maximum absolute atomic E-state index is 11.6. The fourth-order valence-corrected chi connectivity index (χ4v) is 1.24. The lowest BCUT2D eigenvalue weighted by Gasteiger charge is -2.21. The van der Waals surface area contributed by atoms with E-state index in [4.69, 9.17) is 5.26 Å². The SMILES string of the molecule is CCCN(CC)C(=O)C(C#N)CC. The van der Waals surface area contributed by atoms with E-state index < -0.39 is 5.92 Å². The average molecular weight is 182 g/mol. The van der Waals surface area contributed by atoms with Crippen molar-refractivity contribution in [1.29, 1.82) is 5.26 Å². The lowest BCUT2D eigenvalue weighted by atomic mass is 10.1. The van der Waals surface area contributed by atoms with E-state index in [1.165, 1.54) is 0 Å². The van der Waals surface area contributed by atoms with Crippen LogP contribution in [0, 0.1) is 17.2 Å². The van der Waals surface area contributed by atoms with Gasteiger partial charge in [-0.3, -0.25) is 4.79 Å². The van der Waals surface area contributed by atoms with E-state index in [0.717, 1.165) is 13.0 Å². The number of amides is 1. The third-order valence-corrected chi connectivity index (χ3v) is 2.05. The van der Waals surface area contributed by atoms with Crippen molar-refractivity contribution in [2.24, 2.45) is 5.92 Å². The smallest absolute Gasteiger partial charge is 0.239 e. The second-order valence-electron chi connectivity index (χ2n) is 3.01. The van der Waals surface area contributed by atoms with Crippen LogP contribution >= 0.6 is 0 Å². The normalized spacial score (nSPS) is 11.8. The molecule has 0 radical (unpaired) electrons. The fraction of sp³-hybridized carbons (Fsp3) is 0.800. The summed E-state index contributed by atoms with van der Waals surface area (Å²) in [6.07, 6.45) is 1.55. The first kappa shape index (κ1) is 12.0. The highest BCUT2D eigenvalue weighted by atomic mass is 16.2. The minimum Gasteiger partial charge on any atom is -0.342 e. The first-order valence-electron chi connectivity index (χ1n) is 4.89. The van der Waals surface area contributed by atoms with Gasteiger partial charge >= 0.3 is 0 Å². The van der Waals surface area contributed by atoms with Crippen LogP contribution in [-0.2, 0) is 4.79 Å². The number of hydrogen-bond acceptors (Lipinski definition) is 2. The molecule has 1 unspecified atom stereocenters. The summed E-state index contributed by atoms with van der Waals surface area (Å²) in [6, 6.07) is 2.03. The summed E-state index contributed by atoms with van der Waals surface area (Å²) in [7, 11) is 0. The zero-order chi connectivity index (χ0) is 10.3. The van der Waals surface area contributed by atoms with Gasteiger partial charge in [0.2, 0.25) is 5.91 Å². The van der Waals surface area contributed by atoms with Crippen LogP contribution in [0.2, 0.25) is 0 Å². The number of carbonyl (C=O) groups is 1. The Balaban J connectivity index is 4.27. The van der Waals surface area contributed by atoms with Crippen LogP contribution in [0.15, 0.2) is 0 Å². The molecule has 0 aromatic rings. The maximum atomic E-state index is 11.6. The molecule has 0 spiro atoms. The van der Waals surface area contributed by atoms with Gasteiger partial charge in [-0.2, -0.15) is 5.26 Å². The highest BCUT2D eigenvalue weighted by Crippen LogP contribution is 2.06. The van der Waals surface area contributed by atoms with Gasteiger partial charge in [0.25, 0.3) is 0 Å². The minimum atomic E-state index is -0.452. The van der Waals surface area contributed by atoms with Gasteiger partial charge in [-0.05, 0) is 19.8 Å². The Morgan fingerprint density at radius 1 is 1.46 bits per heavy atom. The second-order valence-corrected chi connectivity index (χ2v) is 3.01. The highest BCUT2D eigenvalue weighted by Gasteiger charge is 2.20. The predicted molar refractivity (Wildman–Crippen MR) is 51.9 cm³/mol. The monoisotopic (exact) mass is 182 g/mol. The summed E-state index contributed by atoms with van der Waals surface area (Å²) in [5.41, 5.74) is 0. The van der Waals surface area contributed by atoms with Crippen molar-refractivity contribution in [3.8, 4) is 6.07 Å². The first-order chi connectivity index (χ1) is 6.21. The van der Waals surface area contributed by atoms with E-state index in [9.17, 15) is 4.79 Å². The molecule has 0 aromatic carbocycles. The average Bonchev–Trinajstić information content (AvgIpc) is 2.15. The summed E-state index contributed by atoms with van der Waals surface area (Å²) in [5, 5.41) is 8.71. The first-order valence-corrected chi connectivity index (χ1v) is 4.89.